The van der Waals surface area contributed by atoms with Crippen molar-refractivity contribution in [2.45, 2.75) is 6.04 Å². The van der Waals surface area contributed by atoms with Crippen LogP contribution in [-0.4, -0.2) is 10.4 Å². The molecule has 0 amide bonds. The van der Waals surface area contributed by atoms with Crippen molar-refractivity contribution in [2.24, 2.45) is 0 Å². The predicted octanol–water partition coefficient (Wildman–Crippen LogP) is 1.19. The first-order chi connectivity index (χ1) is 11.7. The summed E-state index contributed by atoms with van der Waals surface area (Å²) in [7, 11) is 0. The Morgan fingerprint density at radius 2 is 1.58 bits per heavy atom. The van der Waals surface area contributed by atoms with Crippen LogP contribution in [-0.2, 0) is 0 Å². The molecule has 0 saturated heterocycles. The van der Waals surface area contributed by atoms with Gasteiger partial charge >= 0.3 is 11.3 Å². The Morgan fingerprint density at radius 3 is 2.25 bits per heavy atom. The van der Waals surface area contributed by atoms with Gasteiger partial charge in [0.1, 0.15) is 0 Å². The average molecular weight is 319 g/mol. The third-order valence-electron chi connectivity index (χ3n) is 4.08. The van der Waals surface area contributed by atoms with Gasteiger partial charge in [-0.3, -0.25) is 14.2 Å². The van der Waals surface area contributed by atoms with E-state index in [1.807, 2.05) is 48.5 Å². The molecule has 1 unspecified atom stereocenters. The van der Waals surface area contributed by atoms with Gasteiger partial charge in [0.05, 0.1) is 5.69 Å². The number of nitrogens with two attached hydrogens (primary N) is 1. The van der Waals surface area contributed by atoms with Gasteiger partial charge in [-0.1, -0.05) is 53.2 Å². The van der Waals surface area contributed by atoms with Gasteiger partial charge in [-0.2, -0.15) is 5.43 Å². The van der Waals surface area contributed by atoms with Crippen LogP contribution in [0.15, 0.2) is 71.7 Å². The monoisotopic (exact) mass is 319 g/mol. The summed E-state index contributed by atoms with van der Waals surface area (Å²) in [4.78, 5) is 25.6. The molecule has 1 aliphatic rings. The van der Waals surface area contributed by atoms with E-state index in [2.05, 4.69) is 5.43 Å². The van der Waals surface area contributed by atoms with E-state index in [4.69, 9.17) is 5.73 Å². The highest BCUT2D eigenvalue weighted by atomic mass is 16.2. The second kappa shape index (κ2) is 5.34. The van der Waals surface area contributed by atoms with Crippen molar-refractivity contribution in [1.29, 1.82) is 0 Å². The summed E-state index contributed by atoms with van der Waals surface area (Å²) in [6, 6.07) is 17.7. The summed E-state index contributed by atoms with van der Waals surface area (Å²) in [5.41, 5.74) is 10.1. The number of nitrogens with one attached hydrogen (secondary N) is 1. The molecule has 24 heavy (non-hydrogen) atoms. The van der Waals surface area contributed by atoms with Crippen LogP contribution in [0.5, 0.6) is 0 Å². The molecule has 4 rings (SSSR count). The van der Waals surface area contributed by atoms with Crippen LogP contribution in [0, 0.1) is 0 Å². The number of Topliss-reactive ketones (excluding diaryl/α,β-unsaturated/α-hetero) is 1. The van der Waals surface area contributed by atoms with Gasteiger partial charge < -0.3 is 5.73 Å². The van der Waals surface area contributed by atoms with E-state index >= 15 is 0 Å². The first kappa shape index (κ1) is 14.2. The highest BCUT2D eigenvalue weighted by molar-refractivity contribution is 5.99. The summed E-state index contributed by atoms with van der Waals surface area (Å²) in [6.07, 6.45) is 1.56. The number of anilines is 1. The van der Waals surface area contributed by atoms with Crippen LogP contribution in [0.2, 0.25) is 0 Å². The second-order valence-corrected chi connectivity index (χ2v) is 5.59. The molecule has 0 fully saturated rings. The number of nitrogen functional groups attached to an aromatic ring is 1. The van der Waals surface area contributed by atoms with Crippen LogP contribution >= 0.6 is 0 Å². The summed E-state index contributed by atoms with van der Waals surface area (Å²) >= 11 is 0. The van der Waals surface area contributed by atoms with E-state index in [0.717, 1.165) is 5.56 Å². The number of ketones is 1. The third kappa shape index (κ3) is 2.08. The zero-order valence-corrected chi connectivity index (χ0v) is 12.7. The van der Waals surface area contributed by atoms with Crippen molar-refractivity contribution in [3.8, 4) is 5.69 Å². The van der Waals surface area contributed by atoms with Crippen molar-refractivity contribution in [3.05, 3.63) is 88.5 Å². The molecule has 1 atom stereocenters. The van der Waals surface area contributed by atoms with Crippen LogP contribution in [0.4, 0.5) is 5.82 Å². The van der Waals surface area contributed by atoms with Gasteiger partial charge in [-0.25, -0.2) is 0 Å². The Hall–Kier alpha value is -3.41. The number of aromatic nitrogens is 2. The van der Waals surface area contributed by atoms with Crippen molar-refractivity contribution < 1.29 is 9.47 Å². The standard InChI is InChI=1S/C18H14N4O2/c19-14-11-21-16(18(24)22(14)13-9-5-2-6-10-13)17(23)15(20-21)12-7-3-1-4-8-12/h1-11,15H,(H2-,19,20,23,24)/p+1. The molecule has 6 nitrogen and oxygen atoms in total. The fraction of sp³-hybridized carbons (Fsp3) is 0.0556. The number of carbonyl (C=O) groups is 1. The predicted molar refractivity (Wildman–Crippen MR) is 89.5 cm³/mol. The minimum Gasteiger partial charge on any atom is -0.380 e. The Balaban J connectivity index is 1.87. The maximum atomic E-state index is 12.9. The number of nitrogens with zero attached hydrogens (tertiary/aromatic N) is 2. The van der Waals surface area contributed by atoms with Gasteiger partial charge in [-0.15, -0.1) is 0 Å². The topological polar surface area (TPSA) is 81.0 Å². The second-order valence-electron chi connectivity index (χ2n) is 5.59. The molecule has 0 aliphatic carbocycles. The largest absolute Gasteiger partial charge is 0.380 e. The van der Waals surface area contributed by atoms with Crippen molar-refractivity contribution in [3.63, 3.8) is 0 Å². The number of hydrogen-bond donors (Lipinski definition) is 2. The summed E-state index contributed by atoms with van der Waals surface area (Å²) in [6.45, 7) is 0. The van der Waals surface area contributed by atoms with Crippen molar-refractivity contribution in [2.75, 3.05) is 11.2 Å². The lowest BCUT2D eigenvalue weighted by atomic mass is 10.0. The van der Waals surface area contributed by atoms with Gasteiger partial charge in [0.15, 0.2) is 11.9 Å². The molecule has 0 spiro atoms. The fourth-order valence-electron chi connectivity index (χ4n) is 2.96. The molecular weight excluding hydrogens is 304 g/mol. The Morgan fingerprint density at radius 1 is 0.958 bits per heavy atom. The lowest BCUT2D eigenvalue weighted by molar-refractivity contribution is -0.647. The SMILES string of the molecule is Nc1c[n+]2c(c(=O)n1-c1ccccc1)C(=O)C(c1ccccc1)N2. The molecule has 2 heterocycles. The van der Waals surface area contributed by atoms with E-state index < -0.39 is 11.6 Å². The zero-order chi connectivity index (χ0) is 16.7. The minimum absolute atomic E-state index is 0.0712. The molecule has 0 radical (unpaired) electrons. The summed E-state index contributed by atoms with van der Waals surface area (Å²) < 4.78 is 2.77. The lowest BCUT2D eigenvalue weighted by Gasteiger charge is -2.07. The van der Waals surface area contributed by atoms with Crippen molar-refractivity contribution in [1.82, 2.24) is 4.57 Å². The molecule has 2 aromatic carbocycles. The molecule has 118 valence electrons. The van der Waals surface area contributed by atoms with Gasteiger partial charge in [0.2, 0.25) is 6.20 Å². The quantitative estimate of drug-likeness (QED) is 0.695. The van der Waals surface area contributed by atoms with Crippen molar-refractivity contribution >= 4 is 11.6 Å². The number of hydrogen-bond acceptors (Lipinski definition) is 4. The zero-order valence-electron chi connectivity index (χ0n) is 12.7. The van der Waals surface area contributed by atoms with Gasteiger partial charge in [0, 0.05) is 0 Å². The van der Waals surface area contributed by atoms with Crippen LogP contribution in [0.3, 0.4) is 0 Å². The number of rotatable bonds is 2. The Kier molecular flexibility index (Phi) is 3.16. The molecule has 3 N–H and O–H groups in total. The molecule has 1 aliphatic heterocycles. The lowest BCUT2D eigenvalue weighted by Crippen LogP contribution is -2.49. The smallest absolute Gasteiger partial charge is 0.345 e. The normalized spacial score (nSPS) is 15.8. The first-order valence-electron chi connectivity index (χ1n) is 7.55. The van der Waals surface area contributed by atoms with Crippen LogP contribution < -0.4 is 21.4 Å². The number of para-hydroxylation sites is 1. The van der Waals surface area contributed by atoms with Crippen LogP contribution in [0.25, 0.3) is 5.69 Å². The van der Waals surface area contributed by atoms with Gasteiger partial charge in [-0.05, 0) is 17.7 Å². The third-order valence-corrected chi connectivity index (χ3v) is 4.08. The maximum absolute atomic E-state index is 12.9. The number of carbonyl (C=O) groups excluding carboxylic acids is 1. The highest BCUT2D eigenvalue weighted by Gasteiger charge is 2.43. The van der Waals surface area contributed by atoms with Gasteiger partial charge in [0.25, 0.3) is 5.78 Å². The summed E-state index contributed by atoms with van der Waals surface area (Å²) in [5, 5.41) is 0. The molecular formula is C18H15N4O2+. The van der Waals surface area contributed by atoms with E-state index in [1.54, 1.807) is 18.3 Å². The molecule has 3 aromatic rings. The highest BCUT2D eigenvalue weighted by Crippen LogP contribution is 2.20. The molecule has 0 saturated carbocycles. The van der Waals surface area contributed by atoms with E-state index in [9.17, 15) is 9.59 Å². The number of benzene rings is 2. The van der Waals surface area contributed by atoms with Crippen LogP contribution in [0.1, 0.15) is 22.1 Å². The fourth-order valence-corrected chi connectivity index (χ4v) is 2.96. The maximum Gasteiger partial charge on any atom is 0.345 e. The molecule has 6 heteroatoms. The summed E-state index contributed by atoms with van der Waals surface area (Å²) in [5.74, 6) is -0.0140. The van der Waals surface area contributed by atoms with E-state index in [1.165, 1.54) is 9.24 Å². The minimum atomic E-state index is -0.593. The molecule has 0 bridgehead atoms. The average Bonchev–Trinajstić information content (AvgIpc) is 2.93. The van der Waals surface area contributed by atoms with E-state index in [-0.39, 0.29) is 17.3 Å². The first-order valence-corrected chi connectivity index (χ1v) is 7.55. The molecule has 1 aromatic heterocycles. The Bertz CT molecular complexity index is 981. The van der Waals surface area contributed by atoms with E-state index in [0.29, 0.717) is 5.69 Å². The Labute approximate surface area is 137 Å². The number of fused-ring (bicyclic) bond motifs is 1.